The van der Waals surface area contributed by atoms with E-state index < -0.39 is 18.1 Å². The van der Waals surface area contributed by atoms with Crippen molar-refractivity contribution in [2.24, 2.45) is 0 Å². The molecule has 0 aliphatic heterocycles. The molecule has 0 atom stereocenters. The van der Waals surface area contributed by atoms with Gasteiger partial charge in [-0.15, -0.1) is 0 Å². The maximum absolute atomic E-state index is 12.2. The van der Waals surface area contributed by atoms with Crippen LogP contribution >= 0.6 is 0 Å². The first-order valence-electron chi connectivity index (χ1n) is 3.80. The fourth-order valence-corrected chi connectivity index (χ4v) is 0.933. The lowest BCUT2D eigenvalue weighted by Crippen LogP contribution is -2.23. The minimum Gasteiger partial charge on any atom is -0.462 e. The number of carbonyl (C=O) groups is 1. The Bertz CT molecular complexity index is 296. The minimum atomic E-state index is -2.76. The molecule has 1 heterocycles. The molecule has 0 aliphatic carbocycles. The number of hydrogen-bond acceptors (Lipinski definition) is 2. The van der Waals surface area contributed by atoms with Crippen LogP contribution < -0.4 is 5.32 Å². The monoisotopic (exact) mass is 189 g/mol. The van der Waals surface area contributed by atoms with Crippen molar-refractivity contribution in [3.05, 3.63) is 23.7 Å². The number of furan rings is 1. The van der Waals surface area contributed by atoms with E-state index in [1.165, 1.54) is 6.07 Å². The molecule has 5 heteroatoms. The standard InChI is InChI=1S/C8H9F2NO2/c1-2-11-8(12)5-3-4-13-6(5)7(9)10/h3-4,7H,2H2,1H3,(H,11,12). The normalized spacial score (nSPS) is 10.5. The van der Waals surface area contributed by atoms with Crippen molar-refractivity contribution in [3.8, 4) is 0 Å². The summed E-state index contributed by atoms with van der Waals surface area (Å²) >= 11 is 0. The summed E-state index contributed by atoms with van der Waals surface area (Å²) in [5, 5.41) is 2.41. The number of alkyl halides is 2. The smallest absolute Gasteiger partial charge is 0.296 e. The summed E-state index contributed by atoms with van der Waals surface area (Å²) in [5.74, 6) is -1.11. The molecule has 1 aromatic rings. The van der Waals surface area contributed by atoms with Gasteiger partial charge in [0.25, 0.3) is 12.3 Å². The molecular formula is C8H9F2NO2. The molecule has 1 aromatic heterocycles. The lowest BCUT2D eigenvalue weighted by Gasteiger charge is -2.01. The van der Waals surface area contributed by atoms with Gasteiger partial charge >= 0.3 is 0 Å². The maximum atomic E-state index is 12.2. The van der Waals surface area contributed by atoms with Crippen molar-refractivity contribution in [1.29, 1.82) is 0 Å². The Hall–Kier alpha value is -1.39. The predicted molar refractivity (Wildman–Crippen MR) is 41.7 cm³/mol. The number of nitrogens with one attached hydrogen (secondary N) is 1. The van der Waals surface area contributed by atoms with E-state index in [1.54, 1.807) is 6.92 Å². The van der Waals surface area contributed by atoms with E-state index >= 15 is 0 Å². The van der Waals surface area contributed by atoms with Crippen LogP contribution in [0.15, 0.2) is 16.7 Å². The van der Waals surface area contributed by atoms with Crippen LogP contribution in [0.5, 0.6) is 0 Å². The van der Waals surface area contributed by atoms with Gasteiger partial charge in [0.15, 0.2) is 5.76 Å². The highest BCUT2D eigenvalue weighted by Crippen LogP contribution is 2.23. The van der Waals surface area contributed by atoms with Crippen molar-refractivity contribution >= 4 is 5.91 Å². The molecule has 0 bridgehead atoms. The van der Waals surface area contributed by atoms with Gasteiger partial charge in [-0.1, -0.05) is 0 Å². The largest absolute Gasteiger partial charge is 0.462 e. The van der Waals surface area contributed by atoms with Crippen molar-refractivity contribution in [1.82, 2.24) is 5.32 Å². The third-order valence-corrected chi connectivity index (χ3v) is 1.48. The zero-order valence-corrected chi connectivity index (χ0v) is 7.01. The zero-order chi connectivity index (χ0) is 9.84. The van der Waals surface area contributed by atoms with Crippen LogP contribution in [0.2, 0.25) is 0 Å². The minimum absolute atomic E-state index is 0.100. The highest BCUT2D eigenvalue weighted by Gasteiger charge is 2.21. The lowest BCUT2D eigenvalue weighted by atomic mass is 10.2. The molecular weight excluding hydrogens is 180 g/mol. The summed E-state index contributed by atoms with van der Waals surface area (Å²) in [6, 6.07) is 1.23. The molecule has 1 rings (SSSR count). The van der Waals surface area contributed by atoms with E-state index in [-0.39, 0.29) is 5.56 Å². The second-order valence-corrected chi connectivity index (χ2v) is 2.36. The van der Waals surface area contributed by atoms with Gasteiger partial charge in [-0.05, 0) is 13.0 Å². The van der Waals surface area contributed by atoms with Crippen molar-refractivity contribution in [2.45, 2.75) is 13.3 Å². The Morgan fingerprint density at radius 1 is 1.69 bits per heavy atom. The fraction of sp³-hybridized carbons (Fsp3) is 0.375. The number of rotatable bonds is 3. The molecule has 1 N–H and O–H groups in total. The first-order chi connectivity index (χ1) is 6.16. The molecule has 0 aromatic carbocycles. The summed E-state index contributed by atoms with van der Waals surface area (Å²) in [6.07, 6.45) is -1.68. The Kier molecular flexibility index (Phi) is 3.00. The van der Waals surface area contributed by atoms with Gasteiger partial charge in [-0.2, -0.15) is 0 Å². The average molecular weight is 189 g/mol. The first kappa shape index (κ1) is 9.70. The lowest BCUT2D eigenvalue weighted by molar-refractivity contribution is 0.0922. The molecule has 72 valence electrons. The predicted octanol–water partition coefficient (Wildman–Crippen LogP) is 1.97. The molecule has 0 radical (unpaired) electrons. The van der Waals surface area contributed by atoms with E-state index in [4.69, 9.17) is 0 Å². The summed E-state index contributed by atoms with van der Waals surface area (Å²) in [5.41, 5.74) is -0.100. The molecule has 13 heavy (non-hydrogen) atoms. The van der Waals surface area contributed by atoms with Crippen LogP contribution in [0.25, 0.3) is 0 Å². The van der Waals surface area contributed by atoms with Crippen molar-refractivity contribution < 1.29 is 18.0 Å². The average Bonchev–Trinajstić information content (AvgIpc) is 2.52. The van der Waals surface area contributed by atoms with E-state index in [1.807, 2.05) is 0 Å². The highest BCUT2D eigenvalue weighted by atomic mass is 19.3. The van der Waals surface area contributed by atoms with E-state index in [0.717, 1.165) is 6.26 Å². The molecule has 1 amide bonds. The zero-order valence-electron chi connectivity index (χ0n) is 7.01. The quantitative estimate of drug-likeness (QED) is 0.789. The molecule has 0 unspecified atom stereocenters. The topological polar surface area (TPSA) is 42.2 Å². The van der Waals surface area contributed by atoms with E-state index in [0.29, 0.717) is 6.54 Å². The Morgan fingerprint density at radius 2 is 2.38 bits per heavy atom. The number of amides is 1. The first-order valence-corrected chi connectivity index (χ1v) is 3.80. The molecule has 0 saturated carbocycles. The summed E-state index contributed by atoms with van der Waals surface area (Å²) in [4.78, 5) is 11.1. The number of halogens is 2. The SMILES string of the molecule is CCNC(=O)c1ccoc1C(F)F. The van der Waals surface area contributed by atoms with Gasteiger partial charge in [0, 0.05) is 6.54 Å². The van der Waals surface area contributed by atoms with Gasteiger partial charge in [0.05, 0.1) is 11.8 Å². The summed E-state index contributed by atoms with van der Waals surface area (Å²) in [6.45, 7) is 2.10. The third-order valence-electron chi connectivity index (χ3n) is 1.48. The fourth-order valence-electron chi connectivity index (χ4n) is 0.933. The van der Waals surface area contributed by atoms with Crippen LogP contribution in [0.4, 0.5) is 8.78 Å². The van der Waals surface area contributed by atoms with Crippen molar-refractivity contribution in [3.63, 3.8) is 0 Å². The van der Waals surface area contributed by atoms with Gasteiger partial charge in [-0.3, -0.25) is 4.79 Å². The summed E-state index contributed by atoms with van der Waals surface area (Å²) in [7, 11) is 0. The number of carbonyl (C=O) groups excluding carboxylic acids is 1. The van der Waals surface area contributed by atoms with Gasteiger partial charge in [-0.25, -0.2) is 8.78 Å². The Labute approximate surface area is 73.7 Å². The van der Waals surface area contributed by atoms with Gasteiger partial charge in [0.1, 0.15) is 0 Å². The molecule has 0 fully saturated rings. The van der Waals surface area contributed by atoms with Crippen molar-refractivity contribution in [2.75, 3.05) is 6.54 Å². The number of hydrogen-bond donors (Lipinski definition) is 1. The van der Waals surface area contributed by atoms with Crippen LogP contribution in [0.1, 0.15) is 29.5 Å². The highest BCUT2D eigenvalue weighted by molar-refractivity contribution is 5.95. The maximum Gasteiger partial charge on any atom is 0.296 e. The van der Waals surface area contributed by atoms with Crippen LogP contribution in [0, 0.1) is 0 Å². The van der Waals surface area contributed by atoms with E-state index in [9.17, 15) is 13.6 Å². The van der Waals surface area contributed by atoms with Crippen LogP contribution in [-0.2, 0) is 0 Å². The summed E-state index contributed by atoms with van der Waals surface area (Å²) < 4.78 is 28.9. The Morgan fingerprint density at radius 3 is 2.92 bits per heavy atom. The van der Waals surface area contributed by atoms with Crippen LogP contribution in [0.3, 0.4) is 0 Å². The molecule has 0 aliphatic rings. The molecule has 0 spiro atoms. The second-order valence-electron chi connectivity index (χ2n) is 2.36. The van der Waals surface area contributed by atoms with Crippen LogP contribution in [-0.4, -0.2) is 12.5 Å². The Balaban J connectivity index is 2.87. The molecule has 3 nitrogen and oxygen atoms in total. The van der Waals surface area contributed by atoms with Gasteiger partial charge < -0.3 is 9.73 Å². The molecule has 0 saturated heterocycles. The van der Waals surface area contributed by atoms with E-state index in [2.05, 4.69) is 9.73 Å². The second kappa shape index (κ2) is 4.02. The third kappa shape index (κ3) is 2.05. The van der Waals surface area contributed by atoms with Gasteiger partial charge in [0.2, 0.25) is 0 Å².